The van der Waals surface area contributed by atoms with E-state index in [9.17, 15) is 14.7 Å². The number of hydrogen-bond acceptors (Lipinski definition) is 5. The van der Waals surface area contributed by atoms with E-state index in [2.05, 4.69) is 15.8 Å². The highest BCUT2D eigenvalue weighted by Crippen LogP contribution is 2.30. The zero-order valence-electron chi connectivity index (χ0n) is 14.9. The number of nitrogens with one attached hydrogen (secondary N) is 2. The molecule has 0 spiro atoms. The summed E-state index contributed by atoms with van der Waals surface area (Å²) < 4.78 is 5.31. The highest BCUT2D eigenvalue weighted by Gasteiger charge is 2.40. The van der Waals surface area contributed by atoms with Crippen LogP contribution in [0.4, 0.5) is 0 Å². The van der Waals surface area contributed by atoms with Gasteiger partial charge in [-0.2, -0.15) is 5.10 Å². The van der Waals surface area contributed by atoms with E-state index >= 15 is 0 Å². The molecular weight excluding hydrogens is 346 g/mol. The van der Waals surface area contributed by atoms with Gasteiger partial charge < -0.3 is 15.2 Å². The zero-order valence-corrected chi connectivity index (χ0v) is 14.9. The quantitative estimate of drug-likeness (QED) is 0.412. The van der Waals surface area contributed by atoms with Crippen LogP contribution in [0.15, 0.2) is 53.6 Å². The number of rotatable bonds is 6. The van der Waals surface area contributed by atoms with Crippen molar-refractivity contribution in [2.45, 2.75) is 12.8 Å². The first-order chi connectivity index (χ1) is 13.1. The molecule has 3 rings (SSSR count). The van der Waals surface area contributed by atoms with Crippen LogP contribution in [0, 0.1) is 5.92 Å². The smallest absolute Gasteiger partial charge is 0.253 e. The molecule has 0 unspecified atom stereocenters. The van der Waals surface area contributed by atoms with E-state index in [1.54, 1.807) is 18.2 Å². The number of hydrazone groups is 1. The van der Waals surface area contributed by atoms with E-state index in [4.69, 9.17) is 4.74 Å². The third-order valence-corrected chi connectivity index (χ3v) is 4.40. The number of hydrogen-bond donors (Lipinski definition) is 3. The molecule has 1 saturated heterocycles. The Kier molecular flexibility index (Phi) is 5.71. The van der Waals surface area contributed by atoms with E-state index in [1.807, 2.05) is 37.3 Å². The summed E-state index contributed by atoms with van der Waals surface area (Å²) in [5.41, 5.74) is 3.72. The van der Waals surface area contributed by atoms with Gasteiger partial charge in [0.25, 0.3) is 5.91 Å². The van der Waals surface area contributed by atoms with Gasteiger partial charge in [-0.25, -0.2) is 5.43 Å². The number of para-hydroxylation sites is 1. The normalized spacial score (nSPS) is 19.1. The van der Waals surface area contributed by atoms with Crippen molar-refractivity contribution in [3.05, 3.63) is 59.7 Å². The lowest BCUT2D eigenvalue weighted by atomic mass is 9.88. The van der Waals surface area contributed by atoms with Crippen molar-refractivity contribution in [2.75, 3.05) is 13.2 Å². The molecule has 1 fully saturated rings. The molecule has 0 radical (unpaired) electrons. The van der Waals surface area contributed by atoms with Gasteiger partial charge in [0.15, 0.2) is 11.5 Å². The second-order valence-corrected chi connectivity index (χ2v) is 6.10. The predicted molar refractivity (Wildman–Crippen MR) is 101 cm³/mol. The maximum absolute atomic E-state index is 12.5. The minimum atomic E-state index is -0.854. The molecule has 7 nitrogen and oxygen atoms in total. The van der Waals surface area contributed by atoms with Crippen molar-refractivity contribution in [3.63, 3.8) is 0 Å². The standard InChI is InChI=1S/C20H21N3O4/c1-2-27-16-10-6-9-14(18(16)24)11-22-23-20(26)17-15(12-21-19(17)25)13-7-4-3-5-8-13/h3-11,15,17,24H,2,12H2,1H3,(H,21,25)(H,23,26)/b22-11+/t15-,17+/m0/s1. The van der Waals surface area contributed by atoms with Gasteiger partial charge in [0, 0.05) is 18.0 Å². The van der Waals surface area contributed by atoms with Crippen LogP contribution in [0.5, 0.6) is 11.5 Å². The van der Waals surface area contributed by atoms with Crippen molar-refractivity contribution in [2.24, 2.45) is 11.0 Å². The van der Waals surface area contributed by atoms with Gasteiger partial charge >= 0.3 is 0 Å². The molecule has 7 heteroatoms. The maximum Gasteiger partial charge on any atom is 0.253 e. The number of benzene rings is 2. The average Bonchev–Trinajstić information content (AvgIpc) is 3.07. The van der Waals surface area contributed by atoms with Crippen LogP contribution in [0.1, 0.15) is 24.0 Å². The van der Waals surface area contributed by atoms with Gasteiger partial charge in [0.2, 0.25) is 5.91 Å². The first-order valence-corrected chi connectivity index (χ1v) is 8.72. The molecule has 2 aromatic carbocycles. The summed E-state index contributed by atoms with van der Waals surface area (Å²) in [6, 6.07) is 14.4. The Bertz CT molecular complexity index is 852. The SMILES string of the molecule is CCOc1cccc(/C=N/NC(=O)[C@H]2C(=O)NC[C@H]2c2ccccc2)c1O. The number of aromatic hydroxyl groups is 1. The van der Waals surface area contributed by atoms with Crippen LogP contribution in [-0.2, 0) is 9.59 Å². The Morgan fingerprint density at radius 1 is 1.30 bits per heavy atom. The molecule has 0 aromatic heterocycles. The van der Waals surface area contributed by atoms with Crippen molar-refractivity contribution < 1.29 is 19.4 Å². The summed E-state index contributed by atoms with van der Waals surface area (Å²) >= 11 is 0. The topological polar surface area (TPSA) is 100 Å². The summed E-state index contributed by atoms with van der Waals surface area (Å²) in [4.78, 5) is 24.6. The largest absolute Gasteiger partial charge is 0.504 e. The molecule has 0 bridgehead atoms. The fourth-order valence-corrected chi connectivity index (χ4v) is 3.08. The molecular formula is C20H21N3O4. The highest BCUT2D eigenvalue weighted by molar-refractivity contribution is 6.03. The van der Waals surface area contributed by atoms with E-state index < -0.39 is 11.8 Å². The number of nitrogens with zero attached hydrogens (tertiary/aromatic N) is 1. The number of carbonyl (C=O) groups excluding carboxylic acids is 2. The molecule has 1 aliphatic rings. The van der Waals surface area contributed by atoms with Gasteiger partial charge in [-0.05, 0) is 24.6 Å². The second kappa shape index (κ2) is 8.35. The van der Waals surface area contributed by atoms with Crippen LogP contribution in [0.25, 0.3) is 0 Å². The molecule has 27 heavy (non-hydrogen) atoms. The lowest BCUT2D eigenvalue weighted by molar-refractivity contribution is -0.133. The maximum atomic E-state index is 12.5. The Hall–Kier alpha value is -3.35. The number of carbonyl (C=O) groups is 2. The Balaban J connectivity index is 1.70. The summed E-state index contributed by atoms with van der Waals surface area (Å²) in [6.07, 6.45) is 1.32. The monoisotopic (exact) mass is 367 g/mol. The van der Waals surface area contributed by atoms with Gasteiger partial charge in [-0.1, -0.05) is 36.4 Å². The summed E-state index contributed by atoms with van der Waals surface area (Å²) in [6.45, 7) is 2.64. The molecule has 2 aromatic rings. The predicted octanol–water partition coefficient (Wildman–Crippen LogP) is 1.77. The van der Waals surface area contributed by atoms with Crippen LogP contribution in [0.3, 0.4) is 0 Å². The van der Waals surface area contributed by atoms with Gasteiger partial charge in [0.05, 0.1) is 12.8 Å². The second-order valence-electron chi connectivity index (χ2n) is 6.10. The lowest BCUT2D eigenvalue weighted by Gasteiger charge is -2.15. The van der Waals surface area contributed by atoms with Crippen molar-refractivity contribution in [1.29, 1.82) is 0 Å². The number of phenols is 1. The van der Waals surface area contributed by atoms with Gasteiger partial charge in [-0.3, -0.25) is 9.59 Å². The molecule has 140 valence electrons. The summed E-state index contributed by atoms with van der Waals surface area (Å²) in [7, 11) is 0. The fraction of sp³-hybridized carbons (Fsp3) is 0.250. The van der Waals surface area contributed by atoms with E-state index in [-0.39, 0.29) is 17.6 Å². The van der Waals surface area contributed by atoms with Crippen LogP contribution in [0.2, 0.25) is 0 Å². The van der Waals surface area contributed by atoms with Crippen molar-refractivity contribution in [1.82, 2.24) is 10.7 Å². The van der Waals surface area contributed by atoms with E-state index in [0.29, 0.717) is 24.5 Å². The van der Waals surface area contributed by atoms with Gasteiger partial charge in [-0.15, -0.1) is 0 Å². The lowest BCUT2D eigenvalue weighted by Crippen LogP contribution is -2.34. The number of ether oxygens (including phenoxy) is 1. The summed E-state index contributed by atoms with van der Waals surface area (Å²) in [5.74, 6) is -1.63. The van der Waals surface area contributed by atoms with Crippen LogP contribution >= 0.6 is 0 Å². The number of phenolic OH excluding ortho intramolecular Hbond substituents is 1. The molecule has 2 amide bonds. The molecule has 2 atom stereocenters. The minimum Gasteiger partial charge on any atom is -0.504 e. The zero-order chi connectivity index (χ0) is 19.2. The third kappa shape index (κ3) is 4.08. The average molecular weight is 367 g/mol. The Morgan fingerprint density at radius 2 is 2.07 bits per heavy atom. The molecule has 0 aliphatic carbocycles. The molecule has 1 heterocycles. The number of amides is 2. The van der Waals surface area contributed by atoms with Gasteiger partial charge in [0.1, 0.15) is 5.92 Å². The Morgan fingerprint density at radius 3 is 2.81 bits per heavy atom. The molecule has 3 N–H and O–H groups in total. The third-order valence-electron chi connectivity index (χ3n) is 4.40. The first kappa shape index (κ1) is 18.4. The summed E-state index contributed by atoms with van der Waals surface area (Å²) in [5, 5.41) is 16.8. The highest BCUT2D eigenvalue weighted by atomic mass is 16.5. The minimum absolute atomic E-state index is 0.0573. The Labute approximate surface area is 157 Å². The van der Waals surface area contributed by atoms with Crippen molar-refractivity contribution >= 4 is 18.0 Å². The molecule has 1 aliphatic heterocycles. The van der Waals surface area contributed by atoms with Crippen molar-refractivity contribution in [3.8, 4) is 11.5 Å². The molecule has 0 saturated carbocycles. The van der Waals surface area contributed by atoms with E-state index in [1.165, 1.54) is 6.21 Å². The van der Waals surface area contributed by atoms with E-state index in [0.717, 1.165) is 5.56 Å². The fourth-order valence-electron chi connectivity index (χ4n) is 3.08. The van der Waals surface area contributed by atoms with Crippen LogP contribution < -0.4 is 15.5 Å². The van der Waals surface area contributed by atoms with Crippen LogP contribution in [-0.4, -0.2) is 36.3 Å². The first-order valence-electron chi connectivity index (χ1n) is 8.72.